The number of fused-ring (bicyclic) bond motifs is 2. The van der Waals surface area contributed by atoms with E-state index >= 15 is 0 Å². The van der Waals surface area contributed by atoms with Crippen molar-refractivity contribution >= 4 is 11.6 Å². The molecule has 2 saturated heterocycles. The van der Waals surface area contributed by atoms with Gasteiger partial charge in [-0.3, -0.25) is 15.5 Å². The second-order valence-electron chi connectivity index (χ2n) is 6.43. The van der Waals surface area contributed by atoms with Gasteiger partial charge in [-0.15, -0.1) is 0 Å². The van der Waals surface area contributed by atoms with Crippen LogP contribution in [-0.2, 0) is 9.47 Å². The summed E-state index contributed by atoms with van der Waals surface area (Å²) < 4.78 is 11.3. The van der Waals surface area contributed by atoms with Crippen molar-refractivity contribution in [3.63, 3.8) is 0 Å². The molecule has 4 atom stereocenters. The molecule has 3 rings (SSSR count). The summed E-state index contributed by atoms with van der Waals surface area (Å²) in [5.41, 5.74) is -4.47. The lowest BCUT2D eigenvalue weighted by Crippen LogP contribution is -2.57. The van der Waals surface area contributed by atoms with Crippen LogP contribution in [0.4, 0.5) is 5.69 Å². The van der Waals surface area contributed by atoms with Gasteiger partial charge >= 0.3 is 0 Å². The largest absolute Gasteiger partial charge is 0.448 e. The second-order valence-corrected chi connectivity index (χ2v) is 6.43. The molecular weight excluding hydrogens is 338 g/mol. The first-order valence-corrected chi connectivity index (χ1v) is 7.67. The zero-order chi connectivity index (χ0) is 19.3. The number of nitrogens with zero attached hydrogens (tertiary/aromatic N) is 4. The fourth-order valence-corrected chi connectivity index (χ4v) is 3.86. The van der Waals surface area contributed by atoms with E-state index in [4.69, 9.17) is 14.9 Å². The number of para-hydroxylation sites is 1. The topological polar surface area (TPSA) is 157 Å². The highest BCUT2D eigenvalue weighted by atomic mass is 16.7. The monoisotopic (exact) mass is 351 g/mol. The van der Waals surface area contributed by atoms with E-state index < -0.39 is 39.5 Å². The maximum absolute atomic E-state index is 11.4. The number of nitrogens with one attached hydrogen (secondary N) is 1. The van der Waals surface area contributed by atoms with Crippen LogP contribution in [0.25, 0.3) is 0 Å². The Balaban J connectivity index is 2.38. The summed E-state index contributed by atoms with van der Waals surface area (Å²) in [4.78, 5) is 10.8. The molecule has 0 radical (unpaired) electrons. The van der Waals surface area contributed by atoms with Crippen molar-refractivity contribution < 1.29 is 14.4 Å². The first-order chi connectivity index (χ1) is 12.2. The Morgan fingerprint density at radius 3 is 2.38 bits per heavy atom. The van der Waals surface area contributed by atoms with Crippen LogP contribution in [0.1, 0.15) is 25.5 Å². The maximum atomic E-state index is 11.4. The predicted molar refractivity (Wildman–Crippen MR) is 85.0 cm³/mol. The quantitative estimate of drug-likeness (QED) is 0.633. The zero-order valence-electron chi connectivity index (χ0n) is 13.9. The standard InChI is InChI=1S/C17H13N5O4/c1-10-15(2)25-13(11-5-3-4-6-12(11)22(23)24)16(7-18,8-19)17(10,9-20)14(21)26-15/h3-6,10,13,21H,1-2H3. The molecule has 0 aromatic heterocycles. The van der Waals surface area contributed by atoms with E-state index in [1.807, 2.05) is 18.2 Å². The SMILES string of the molecule is CC1C2(C)OC(=N)C1(C#N)C(C#N)(C#N)C(c1ccccc1[N+](=O)[O-])O2. The van der Waals surface area contributed by atoms with Gasteiger partial charge in [0.1, 0.15) is 6.10 Å². The molecule has 2 aliphatic heterocycles. The van der Waals surface area contributed by atoms with Crippen molar-refractivity contribution in [3.05, 3.63) is 39.9 Å². The molecule has 4 unspecified atom stereocenters. The van der Waals surface area contributed by atoms with Gasteiger partial charge in [0, 0.05) is 13.0 Å². The van der Waals surface area contributed by atoms with Crippen molar-refractivity contribution in [1.82, 2.24) is 0 Å². The first-order valence-electron chi connectivity index (χ1n) is 7.67. The second kappa shape index (κ2) is 5.26. The lowest BCUT2D eigenvalue weighted by Gasteiger charge is -2.47. The van der Waals surface area contributed by atoms with Crippen molar-refractivity contribution in [1.29, 1.82) is 21.2 Å². The molecule has 1 aromatic carbocycles. The van der Waals surface area contributed by atoms with Crippen LogP contribution in [-0.4, -0.2) is 16.6 Å². The van der Waals surface area contributed by atoms with Crippen molar-refractivity contribution in [3.8, 4) is 18.2 Å². The van der Waals surface area contributed by atoms with E-state index in [0.29, 0.717) is 0 Å². The minimum Gasteiger partial charge on any atom is -0.448 e. The third-order valence-electron chi connectivity index (χ3n) is 5.41. The van der Waals surface area contributed by atoms with E-state index in [1.54, 1.807) is 6.92 Å². The summed E-state index contributed by atoms with van der Waals surface area (Å²) in [6.45, 7) is 3.05. The molecule has 0 spiro atoms. The lowest BCUT2D eigenvalue weighted by atomic mass is 9.54. The number of benzene rings is 1. The molecule has 130 valence electrons. The van der Waals surface area contributed by atoms with Gasteiger partial charge in [-0.25, -0.2) is 0 Å². The summed E-state index contributed by atoms with van der Waals surface area (Å²) in [6.07, 6.45) is -1.44. The Kier molecular flexibility index (Phi) is 3.51. The summed E-state index contributed by atoms with van der Waals surface area (Å²) in [7, 11) is 0. The van der Waals surface area contributed by atoms with Crippen molar-refractivity contribution in [2.75, 3.05) is 0 Å². The van der Waals surface area contributed by atoms with Gasteiger partial charge in [0.2, 0.25) is 17.1 Å². The molecule has 9 heteroatoms. The Bertz CT molecular complexity index is 941. The van der Waals surface area contributed by atoms with Crippen LogP contribution in [0.3, 0.4) is 0 Å². The zero-order valence-corrected chi connectivity index (χ0v) is 13.9. The number of nitro groups is 1. The van der Waals surface area contributed by atoms with Gasteiger partial charge in [0.05, 0.1) is 34.6 Å². The Morgan fingerprint density at radius 1 is 1.23 bits per heavy atom. The van der Waals surface area contributed by atoms with Gasteiger partial charge in [-0.1, -0.05) is 19.1 Å². The van der Waals surface area contributed by atoms with E-state index in [1.165, 1.54) is 31.2 Å². The van der Waals surface area contributed by atoms with Crippen LogP contribution in [0.2, 0.25) is 0 Å². The van der Waals surface area contributed by atoms with Gasteiger partial charge in [0.25, 0.3) is 5.69 Å². The van der Waals surface area contributed by atoms with Gasteiger partial charge < -0.3 is 9.47 Å². The molecule has 1 aromatic rings. The van der Waals surface area contributed by atoms with Crippen LogP contribution < -0.4 is 0 Å². The molecular formula is C17H13N5O4. The van der Waals surface area contributed by atoms with E-state index in [9.17, 15) is 25.9 Å². The number of rotatable bonds is 2. The summed E-state index contributed by atoms with van der Waals surface area (Å²) in [6, 6.07) is 11.1. The van der Waals surface area contributed by atoms with Gasteiger partial charge in [-0.2, -0.15) is 15.8 Å². The minimum absolute atomic E-state index is 0.0170. The normalized spacial score (nSPS) is 34.0. The van der Waals surface area contributed by atoms with Crippen LogP contribution in [0.15, 0.2) is 24.3 Å². The third-order valence-corrected chi connectivity index (χ3v) is 5.41. The minimum atomic E-state index is -2.19. The maximum Gasteiger partial charge on any atom is 0.275 e. The Labute approximate surface area is 148 Å². The Morgan fingerprint density at radius 2 is 1.85 bits per heavy atom. The number of ether oxygens (including phenoxy) is 2. The fraction of sp³-hybridized carbons (Fsp3) is 0.412. The fourth-order valence-electron chi connectivity index (χ4n) is 3.86. The predicted octanol–water partition coefficient (Wildman–Crippen LogP) is 2.57. The molecule has 0 saturated carbocycles. The summed E-state index contributed by atoms with van der Waals surface area (Å²) in [5, 5.41) is 49.3. The van der Waals surface area contributed by atoms with Gasteiger partial charge in [-0.05, 0) is 6.07 Å². The van der Waals surface area contributed by atoms with E-state index in [0.717, 1.165) is 0 Å². The highest BCUT2D eigenvalue weighted by molar-refractivity contribution is 5.89. The molecule has 1 N–H and O–H groups in total. The highest BCUT2D eigenvalue weighted by Crippen LogP contribution is 2.66. The molecule has 26 heavy (non-hydrogen) atoms. The smallest absolute Gasteiger partial charge is 0.275 e. The molecule has 2 heterocycles. The van der Waals surface area contributed by atoms with Crippen molar-refractivity contribution in [2.45, 2.75) is 25.7 Å². The Hall–Kier alpha value is -3.48. The first kappa shape index (κ1) is 17.3. The van der Waals surface area contributed by atoms with Crippen LogP contribution in [0.5, 0.6) is 0 Å². The third kappa shape index (κ3) is 1.72. The summed E-state index contributed by atoms with van der Waals surface area (Å²) >= 11 is 0. The molecule has 9 nitrogen and oxygen atoms in total. The van der Waals surface area contributed by atoms with Crippen LogP contribution >= 0.6 is 0 Å². The number of nitro benzene ring substituents is 1. The summed E-state index contributed by atoms with van der Waals surface area (Å²) in [5.74, 6) is -2.83. The average Bonchev–Trinajstić information content (AvgIpc) is 2.77. The number of hydrogen-bond acceptors (Lipinski definition) is 8. The van der Waals surface area contributed by atoms with E-state index in [-0.39, 0.29) is 11.3 Å². The molecule has 2 bridgehead atoms. The van der Waals surface area contributed by atoms with Crippen molar-refractivity contribution in [2.24, 2.45) is 16.7 Å². The molecule has 0 aliphatic carbocycles. The molecule has 0 amide bonds. The highest BCUT2D eigenvalue weighted by Gasteiger charge is 2.78. The lowest BCUT2D eigenvalue weighted by molar-refractivity contribution is -0.387. The van der Waals surface area contributed by atoms with E-state index in [2.05, 4.69) is 0 Å². The molecule has 2 aliphatic rings. The molecule has 2 fully saturated rings. The van der Waals surface area contributed by atoms with Crippen LogP contribution in [0, 0.1) is 66.3 Å². The van der Waals surface area contributed by atoms with Gasteiger partial charge in [0.15, 0.2) is 5.41 Å². The average molecular weight is 351 g/mol. The number of nitriles is 3. The number of hydrogen-bond donors (Lipinski definition) is 1.